The third-order valence-electron chi connectivity index (χ3n) is 3.15. The molecular formula is C14H16ClFN2O2. The van der Waals surface area contributed by atoms with Crippen molar-refractivity contribution in [3.8, 4) is 5.88 Å². The topological polar surface area (TPSA) is 47.3 Å². The SMILES string of the molecule is COc1c(C(O)Cc2ccc(Cl)c(F)c2)c(C)nn1C. The molecular weight excluding hydrogens is 283 g/mol. The number of halogens is 2. The highest BCUT2D eigenvalue weighted by Crippen LogP contribution is 2.30. The van der Waals surface area contributed by atoms with E-state index >= 15 is 0 Å². The number of ether oxygens (including phenoxy) is 1. The fourth-order valence-electron chi connectivity index (χ4n) is 2.27. The molecule has 0 aliphatic carbocycles. The second-order valence-corrected chi connectivity index (χ2v) is 5.01. The first kappa shape index (κ1) is 14.8. The Hall–Kier alpha value is -1.59. The van der Waals surface area contributed by atoms with Gasteiger partial charge in [0.25, 0.3) is 0 Å². The number of nitrogens with zero attached hydrogens (tertiary/aromatic N) is 2. The lowest BCUT2D eigenvalue weighted by molar-refractivity contribution is 0.172. The minimum atomic E-state index is -0.820. The zero-order valence-corrected chi connectivity index (χ0v) is 12.3. The van der Waals surface area contributed by atoms with Crippen LogP contribution < -0.4 is 4.74 Å². The maximum Gasteiger partial charge on any atom is 0.217 e. The second-order valence-electron chi connectivity index (χ2n) is 4.60. The Balaban J connectivity index is 2.28. The van der Waals surface area contributed by atoms with Crippen molar-refractivity contribution in [2.75, 3.05) is 7.11 Å². The summed E-state index contributed by atoms with van der Waals surface area (Å²) in [7, 11) is 3.26. The number of methoxy groups -OCH3 is 1. The smallest absolute Gasteiger partial charge is 0.217 e. The molecule has 1 heterocycles. The Bertz CT molecular complexity index is 628. The number of hydrogen-bond donors (Lipinski definition) is 1. The molecule has 0 fully saturated rings. The van der Waals surface area contributed by atoms with Crippen LogP contribution >= 0.6 is 11.6 Å². The van der Waals surface area contributed by atoms with E-state index in [2.05, 4.69) is 5.10 Å². The van der Waals surface area contributed by atoms with Crippen molar-refractivity contribution < 1.29 is 14.2 Å². The fraction of sp³-hybridized carbons (Fsp3) is 0.357. The van der Waals surface area contributed by atoms with Crippen LogP contribution in [0.5, 0.6) is 5.88 Å². The Morgan fingerprint density at radius 1 is 1.50 bits per heavy atom. The molecule has 1 aromatic heterocycles. The van der Waals surface area contributed by atoms with Crippen molar-refractivity contribution in [1.29, 1.82) is 0 Å². The van der Waals surface area contributed by atoms with Gasteiger partial charge in [-0.1, -0.05) is 17.7 Å². The minimum absolute atomic E-state index is 0.0679. The van der Waals surface area contributed by atoms with Gasteiger partial charge in [-0.2, -0.15) is 5.10 Å². The van der Waals surface area contributed by atoms with E-state index in [0.29, 0.717) is 22.7 Å². The number of benzene rings is 1. The molecule has 1 aromatic carbocycles. The summed E-state index contributed by atoms with van der Waals surface area (Å²) >= 11 is 5.64. The number of aryl methyl sites for hydroxylation is 2. The van der Waals surface area contributed by atoms with Gasteiger partial charge in [-0.15, -0.1) is 0 Å². The largest absolute Gasteiger partial charge is 0.481 e. The number of aliphatic hydroxyl groups is 1. The Labute approximate surface area is 121 Å². The van der Waals surface area contributed by atoms with Crippen LogP contribution in [0.1, 0.15) is 22.9 Å². The summed E-state index contributed by atoms with van der Waals surface area (Å²) in [6, 6.07) is 4.49. The molecule has 0 aliphatic rings. The lowest BCUT2D eigenvalue weighted by Crippen LogP contribution is -2.05. The lowest BCUT2D eigenvalue weighted by Gasteiger charge is -2.12. The van der Waals surface area contributed by atoms with Crippen LogP contribution in [0.2, 0.25) is 5.02 Å². The monoisotopic (exact) mass is 298 g/mol. The van der Waals surface area contributed by atoms with E-state index in [1.165, 1.54) is 19.2 Å². The summed E-state index contributed by atoms with van der Waals surface area (Å²) in [5, 5.41) is 14.6. The predicted molar refractivity (Wildman–Crippen MR) is 74.6 cm³/mol. The molecule has 20 heavy (non-hydrogen) atoms. The van der Waals surface area contributed by atoms with Crippen LogP contribution in [0.15, 0.2) is 18.2 Å². The van der Waals surface area contributed by atoms with Gasteiger partial charge in [-0.3, -0.25) is 0 Å². The van der Waals surface area contributed by atoms with Gasteiger partial charge in [0.2, 0.25) is 5.88 Å². The van der Waals surface area contributed by atoms with Crippen molar-refractivity contribution in [2.45, 2.75) is 19.4 Å². The molecule has 1 atom stereocenters. The predicted octanol–water partition coefficient (Wildman–Crippen LogP) is 2.81. The van der Waals surface area contributed by atoms with Crippen LogP contribution in [0.25, 0.3) is 0 Å². The van der Waals surface area contributed by atoms with Crippen molar-refractivity contribution in [3.63, 3.8) is 0 Å². The molecule has 0 amide bonds. The zero-order valence-electron chi connectivity index (χ0n) is 11.5. The summed E-state index contributed by atoms with van der Waals surface area (Å²) in [5.74, 6) is 0.00988. The van der Waals surface area contributed by atoms with E-state index in [0.717, 1.165) is 0 Å². The van der Waals surface area contributed by atoms with Crippen molar-refractivity contribution in [1.82, 2.24) is 9.78 Å². The highest BCUT2D eigenvalue weighted by molar-refractivity contribution is 6.30. The molecule has 0 bridgehead atoms. The van der Waals surface area contributed by atoms with Crippen LogP contribution in [0.4, 0.5) is 4.39 Å². The summed E-state index contributed by atoms with van der Waals surface area (Å²) in [6.07, 6.45) is -0.559. The summed E-state index contributed by atoms with van der Waals surface area (Å²) in [4.78, 5) is 0. The first-order chi connectivity index (χ1) is 9.43. The number of rotatable bonds is 4. The number of hydrogen-bond acceptors (Lipinski definition) is 3. The molecule has 0 radical (unpaired) electrons. The van der Waals surface area contributed by atoms with E-state index in [-0.39, 0.29) is 11.4 Å². The summed E-state index contributed by atoms with van der Waals surface area (Å²) in [5.41, 5.74) is 1.96. The highest BCUT2D eigenvalue weighted by Gasteiger charge is 2.22. The average Bonchev–Trinajstić information content (AvgIpc) is 2.68. The van der Waals surface area contributed by atoms with Gasteiger partial charge in [0.1, 0.15) is 5.82 Å². The quantitative estimate of drug-likeness (QED) is 0.944. The molecule has 2 aromatic rings. The van der Waals surface area contributed by atoms with E-state index < -0.39 is 11.9 Å². The van der Waals surface area contributed by atoms with E-state index in [9.17, 15) is 9.50 Å². The third-order valence-corrected chi connectivity index (χ3v) is 3.46. The molecule has 0 spiro atoms. The van der Waals surface area contributed by atoms with Crippen LogP contribution in [-0.4, -0.2) is 22.0 Å². The standard InChI is InChI=1S/C14H16ClFN2O2/c1-8-13(14(20-3)18(2)17-8)12(19)7-9-4-5-10(15)11(16)6-9/h4-6,12,19H,7H2,1-3H3. The van der Waals surface area contributed by atoms with E-state index in [1.54, 1.807) is 24.7 Å². The van der Waals surface area contributed by atoms with Crippen LogP contribution in [0.3, 0.4) is 0 Å². The van der Waals surface area contributed by atoms with Crippen LogP contribution in [0, 0.1) is 12.7 Å². The molecule has 0 saturated heterocycles. The number of aromatic nitrogens is 2. The maximum atomic E-state index is 13.4. The molecule has 1 N–H and O–H groups in total. The first-order valence-corrected chi connectivity index (χ1v) is 6.51. The van der Waals surface area contributed by atoms with Gasteiger partial charge >= 0.3 is 0 Å². The Morgan fingerprint density at radius 2 is 2.20 bits per heavy atom. The molecule has 6 heteroatoms. The lowest BCUT2D eigenvalue weighted by atomic mass is 10.0. The second kappa shape index (κ2) is 5.81. The van der Waals surface area contributed by atoms with Crippen molar-refractivity contribution >= 4 is 11.6 Å². The first-order valence-electron chi connectivity index (χ1n) is 6.13. The van der Waals surface area contributed by atoms with Gasteiger partial charge in [0.15, 0.2) is 0 Å². The van der Waals surface area contributed by atoms with Crippen molar-refractivity contribution in [2.24, 2.45) is 7.05 Å². The zero-order chi connectivity index (χ0) is 14.9. The highest BCUT2D eigenvalue weighted by atomic mass is 35.5. The molecule has 108 valence electrons. The fourth-order valence-corrected chi connectivity index (χ4v) is 2.39. The molecule has 4 nitrogen and oxygen atoms in total. The van der Waals surface area contributed by atoms with Gasteiger partial charge in [-0.25, -0.2) is 9.07 Å². The van der Waals surface area contributed by atoms with Gasteiger partial charge < -0.3 is 9.84 Å². The summed E-state index contributed by atoms with van der Waals surface area (Å²) < 4.78 is 20.2. The van der Waals surface area contributed by atoms with Crippen LogP contribution in [-0.2, 0) is 13.5 Å². The van der Waals surface area contributed by atoms with Crippen molar-refractivity contribution in [3.05, 3.63) is 45.9 Å². The molecule has 0 aliphatic heterocycles. The molecule has 2 rings (SSSR count). The molecule has 0 saturated carbocycles. The molecule has 1 unspecified atom stereocenters. The Morgan fingerprint density at radius 3 is 2.80 bits per heavy atom. The van der Waals surface area contributed by atoms with E-state index in [4.69, 9.17) is 16.3 Å². The Kier molecular flexibility index (Phi) is 4.30. The normalized spacial score (nSPS) is 12.5. The maximum absolute atomic E-state index is 13.4. The third kappa shape index (κ3) is 2.78. The van der Waals surface area contributed by atoms with E-state index in [1.807, 2.05) is 0 Å². The van der Waals surface area contributed by atoms with Gasteiger partial charge in [0, 0.05) is 13.5 Å². The summed E-state index contributed by atoms with van der Waals surface area (Å²) in [6.45, 7) is 1.80. The average molecular weight is 299 g/mol. The van der Waals surface area contributed by atoms with Gasteiger partial charge in [0.05, 0.1) is 29.5 Å². The minimum Gasteiger partial charge on any atom is -0.481 e. The van der Waals surface area contributed by atoms with Gasteiger partial charge in [-0.05, 0) is 24.6 Å². The number of aliphatic hydroxyl groups excluding tert-OH is 1.